The number of urea groups is 1. The van der Waals surface area contributed by atoms with Crippen LogP contribution in [-0.2, 0) is 0 Å². The van der Waals surface area contributed by atoms with Crippen molar-refractivity contribution in [3.8, 4) is 0 Å². The highest BCUT2D eigenvalue weighted by Gasteiger charge is 2.06. The van der Waals surface area contributed by atoms with Crippen LogP contribution in [0.1, 0.15) is 0 Å². The van der Waals surface area contributed by atoms with Gasteiger partial charge in [0.2, 0.25) is 0 Å². The van der Waals surface area contributed by atoms with E-state index >= 15 is 0 Å². The average molecular weight is 225 g/mol. The summed E-state index contributed by atoms with van der Waals surface area (Å²) in [5.41, 5.74) is 6.26. The molecule has 0 fully saturated rings. The van der Waals surface area contributed by atoms with Crippen LogP contribution < -0.4 is 10.0 Å². The minimum Gasteiger partial charge on any atom is -0.350 e. The monoisotopic (exact) mass is 225 g/mol. The van der Waals surface area contributed by atoms with Crippen LogP contribution in [0.5, 0.6) is 0 Å². The molecule has 2 amide bonds. The lowest BCUT2D eigenvalue weighted by Crippen LogP contribution is -2.26. The second-order valence-electron chi connectivity index (χ2n) is 2.37. The van der Waals surface area contributed by atoms with Crippen LogP contribution >= 0.6 is 25.0 Å². The topological polar surface area (TPSA) is 58.7 Å². The number of anilines is 1. The van der Waals surface area contributed by atoms with E-state index in [9.17, 15) is 4.79 Å². The molecule has 0 saturated heterocycles. The molecular formula is C8H7N3OS2. The fourth-order valence-electron chi connectivity index (χ4n) is 0.848. The summed E-state index contributed by atoms with van der Waals surface area (Å²) in [6.07, 6.45) is 0. The van der Waals surface area contributed by atoms with Crippen molar-refractivity contribution in [2.75, 3.05) is 4.31 Å². The number of amides is 2. The molecule has 0 bridgehead atoms. The zero-order valence-electron chi connectivity index (χ0n) is 7.04. The van der Waals surface area contributed by atoms with E-state index in [1.54, 1.807) is 24.3 Å². The first-order chi connectivity index (χ1) is 6.65. The Morgan fingerprint density at radius 3 is 2.50 bits per heavy atom. The first kappa shape index (κ1) is 10.7. The van der Waals surface area contributed by atoms with E-state index in [0.29, 0.717) is 11.4 Å². The Morgan fingerprint density at radius 2 is 2.07 bits per heavy atom. The maximum atomic E-state index is 10.7. The van der Waals surface area contributed by atoms with Crippen LogP contribution in [0.3, 0.4) is 0 Å². The Morgan fingerprint density at radius 1 is 1.50 bits per heavy atom. The fraction of sp³-hybridized carbons (Fsp3) is 0. The molecule has 0 aliphatic heterocycles. The second kappa shape index (κ2) is 4.76. The SMILES string of the molecule is NC(=O)N(S)c1ccc(N=C=S)cc1. The summed E-state index contributed by atoms with van der Waals surface area (Å²) < 4.78 is 1.03. The molecule has 1 rings (SSSR count). The minimum absolute atomic E-state index is 0.573. The van der Waals surface area contributed by atoms with Gasteiger partial charge in [-0.15, -0.1) is 0 Å². The first-order valence-electron chi connectivity index (χ1n) is 3.61. The maximum Gasteiger partial charge on any atom is 0.329 e. The van der Waals surface area contributed by atoms with Gasteiger partial charge in [0.15, 0.2) is 0 Å². The van der Waals surface area contributed by atoms with Crippen LogP contribution in [0.2, 0.25) is 0 Å². The molecular weight excluding hydrogens is 218 g/mol. The van der Waals surface area contributed by atoms with E-state index in [1.807, 2.05) is 0 Å². The summed E-state index contributed by atoms with van der Waals surface area (Å²) in [5.74, 6) is 0. The number of rotatable bonds is 2. The standard InChI is InChI=1S/C8H7N3OS2/c9-8(12)11(14)7-3-1-6(2-4-7)10-5-13/h1-4,14H,(H2,9,12). The molecule has 0 unspecified atom stereocenters. The average Bonchev–Trinajstić information content (AvgIpc) is 2.18. The summed E-state index contributed by atoms with van der Waals surface area (Å²) in [6, 6.07) is 6.04. The van der Waals surface area contributed by atoms with Crippen molar-refractivity contribution in [3.05, 3.63) is 24.3 Å². The number of primary amides is 1. The summed E-state index contributed by atoms with van der Waals surface area (Å²) in [5, 5.41) is 2.24. The van der Waals surface area contributed by atoms with E-state index in [-0.39, 0.29) is 0 Å². The summed E-state index contributed by atoms with van der Waals surface area (Å²) in [6.45, 7) is 0. The molecule has 6 heteroatoms. The van der Waals surface area contributed by atoms with Gasteiger partial charge in [0.1, 0.15) is 0 Å². The Hall–Kier alpha value is -1.36. The zero-order chi connectivity index (χ0) is 10.6. The van der Waals surface area contributed by atoms with Gasteiger partial charge >= 0.3 is 6.03 Å². The molecule has 4 nitrogen and oxygen atoms in total. The van der Waals surface area contributed by atoms with Gasteiger partial charge in [0, 0.05) is 0 Å². The first-order valence-corrected chi connectivity index (χ1v) is 4.42. The van der Waals surface area contributed by atoms with Crippen molar-refractivity contribution in [2.24, 2.45) is 10.7 Å². The number of carbonyl (C=O) groups is 1. The molecule has 72 valence electrons. The van der Waals surface area contributed by atoms with Gasteiger partial charge in [-0.25, -0.2) is 9.10 Å². The summed E-state index contributed by atoms with van der Waals surface area (Å²) in [7, 11) is 0. The third-order valence-electron chi connectivity index (χ3n) is 1.48. The number of thiol groups is 1. The molecule has 0 aliphatic carbocycles. The number of carbonyl (C=O) groups excluding carboxylic acids is 1. The number of thiocarbonyl (C=S) groups is 1. The number of nitrogens with two attached hydrogens (primary N) is 1. The lowest BCUT2D eigenvalue weighted by atomic mass is 10.3. The zero-order valence-corrected chi connectivity index (χ0v) is 8.76. The molecule has 1 aromatic carbocycles. The molecule has 0 radical (unpaired) electrons. The van der Waals surface area contributed by atoms with Crippen molar-refractivity contribution >= 4 is 47.6 Å². The second-order valence-corrected chi connectivity index (χ2v) is 2.95. The molecule has 2 N–H and O–H groups in total. The van der Waals surface area contributed by atoms with Gasteiger partial charge in [-0.3, -0.25) is 0 Å². The third-order valence-corrected chi connectivity index (χ3v) is 2.00. The lowest BCUT2D eigenvalue weighted by Gasteiger charge is -2.11. The highest BCUT2D eigenvalue weighted by molar-refractivity contribution is 7.82. The van der Waals surface area contributed by atoms with Gasteiger partial charge in [0.05, 0.1) is 16.5 Å². The van der Waals surface area contributed by atoms with Crippen molar-refractivity contribution < 1.29 is 4.79 Å². The molecule has 0 aliphatic rings. The fourth-order valence-corrected chi connectivity index (χ4v) is 1.09. The molecule has 0 aromatic heterocycles. The predicted octanol–water partition coefficient (Wildman–Crippen LogP) is 2.15. The number of isothiocyanates is 1. The highest BCUT2D eigenvalue weighted by atomic mass is 32.1. The Labute approximate surface area is 92.0 Å². The van der Waals surface area contributed by atoms with E-state index in [2.05, 4.69) is 35.2 Å². The van der Waals surface area contributed by atoms with Crippen molar-refractivity contribution in [3.63, 3.8) is 0 Å². The van der Waals surface area contributed by atoms with Crippen LogP contribution in [0.25, 0.3) is 0 Å². The molecule has 0 spiro atoms. The molecule has 0 heterocycles. The minimum atomic E-state index is -0.639. The van der Waals surface area contributed by atoms with E-state index in [4.69, 9.17) is 5.73 Å². The normalized spacial score (nSPS) is 8.93. The number of hydrogen-bond donors (Lipinski definition) is 2. The quantitative estimate of drug-likeness (QED) is 0.460. The Bertz CT molecular complexity index is 384. The highest BCUT2D eigenvalue weighted by Crippen LogP contribution is 2.20. The number of aliphatic imine (C=N–C) groups is 1. The van der Waals surface area contributed by atoms with Crippen LogP contribution in [-0.4, -0.2) is 11.2 Å². The Kier molecular flexibility index (Phi) is 3.64. The van der Waals surface area contributed by atoms with Crippen LogP contribution in [0.4, 0.5) is 16.2 Å². The van der Waals surface area contributed by atoms with E-state index < -0.39 is 6.03 Å². The van der Waals surface area contributed by atoms with Crippen molar-refractivity contribution in [1.29, 1.82) is 0 Å². The molecule has 0 saturated carbocycles. The lowest BCUT2D eigenvalue weighted by molar-refractivity contribution is 0.257. The Balaban J connectivity index is 2.93. The summed E-state index contributed by atoms with van der Waals surface area (Å²) >= 11 is 8.34. The van der Waals surface area contributed by atoms with Crippen molar-refractivity contribution in [1.82, 2.24) is 0 Å². The van der Waals surface area contributed by atoms with Gasteiger partial charge in [-0.05, 0) is 36.5 Å². The van der Waals surface area contributed by atoms with E-state index in [1.165, 1.54) is 0 Å². The number of nitrogens with zero attached hydrogens (tertiary/aromatic N) is 2. The molecule has 14 heavy (non-hydrogen) atoms. The van der Waals surface area contributed by atoms with E-state index in [0.717, 1.165) is 4.31 Å². The molecule has 1 aromatic rings. The van der Waals surface area contributed by atoms with Gasteiger partial charge in [-0.1, -0.05) is 12.8 Å². The number of benzene rings is 1. The maximum absolute atomic E-state index is 10.7. The van der Waals surface area contributed by atoms with Gasteiger partial charge in [0.25, 0.3) is 0 Å². The third kappa shape index (κ3) is 2.56. The predicted molar refractivity (Wildman–Crippen MR) is 62.2 cm³/mol. The van der Waals surface area contributed by atoms with Crippen LogP contribution in [0, 0.1) is 0 Å². The largest absolute Gasteiger partial charge is 0.350 e. The van der Waals surface area contributed by atoms with Gasteiger partial charge < -0.3 is 5.73 Å². The molecule has 0 atom stereocenters. The number of hydrogen-bond acceptors (Lipinski definition) is 4. The smallest absolute Gasteiger partial charge is 0.329 e. The van der Waals surface area contributed by atoms with Crippen molar-refractivity contribution in [2.45, 2.75) is 0 Å². The summed E-state index contributed by atoms with van der Waals surface area (Å²) in [4.78, 5) is 14.5. The van der Waals surface area contributed by atoms with Gasteiger partial charge in [-0.2, -0.15) is 4.99 Å². The van der Waals surface area contributed by atoms with Crippen LogP contribution in [0.15, 0.2) is 29.3 Å².